The smallest absolute Gasteiger partial charge is 0.310 e. The van der Waals surface area contributed by atoms with Crippen molar-refractivity contribution >= 4 is 11.9 Å². The first kappa shape index (κ1) is 16.3. The van der Waals surface area contributed by atoms with Gasteiger partial charge in [0.15, 0.2) is 0 Å². The molecule has 2 fully saturated rings. The van der Waals surface area contributed by atoms with Gasteiger partial charge in [0, 0.05) is 13.5 Å². The molecule has 0 radical (unpaired) electrons. The molecule has 0 saturated heterocycles. The average Bonchev–Trinajstić information content (AvgIpc) is 2.47. The molecular formula is C16H27NO4. The number of carbonyl (C=O) groups is 2. The molecule has 5 nitrogen and oxygen atoms in total. The summed E-state index contributed by atoms with van der Waals surface area (Å²) in [6.45, 7) is 0. The molecule has 5 heteroatoms. The van der Waals surface area contributed by atoms with Crippen LogP contribution in [0.5, 0.6) is 0 Å². The Balaban J connectivity index is 2.02. The van der Waals surface area contributed by atoms with Gasteiger partial charge in [-0.15, -0.1) is 0 Å². The molecule has 2 atom stereocenters. The second kappa shape index (κ2) is 6.77. The number of nitrogens with zero attached hydrogens (tertiary/aromatic N) is 1. The molecule has 0 aromatic carbocycles. The standard InChI is InChI=1S/C16H27NO4/c1-17(12-7-3-4-8-13(12)18)14(19)11-16(15(20)21)9-5-2-6-10-16/h12-13,18H,2-11H2,1H3,(H,20,21). The Morgan fingerprint density at radius 3 is 2.29 bits per heavy atom. The van der Waals surface area contributed by atoms with Gasteiger partial charge in [0.1, 0.15) is 0 Å². The first-order valence-corrected chi connectivity index (χ1v) is 8.13. The predicted molar refractivity (Wildman–Crippen MR) is 78.8 cm³/mol. The minimum absolute atomic E-state index is 0.0715. The van der Waals surface area contributed by atoms with E-state index in [1.54, 1.807) is 11.9 Å². The third kappa shape index (κ3) is 3.57. The van der Waals surface area contributed by atoms with Crippen LogP contribution in [0.3, 0.4) is 0 Å². The summed E-state index contributed by atoms with van der Waals surface area (Å²) >= 11 is 0. The fourth-order valence-electron chi connectivity index (χ4n) is 3.84. The van der Waals surface area contributed by atoms with E-state index in [1.807, 2.05) is 0 Å². The van der Waals surface area contributed by atoms with Crippen LogP contribution in [0.2, 0.25) is 0 Å². The molecule has 2 saturated carbocycles. The number of hydrogen-bond donors (Lipinski definition) is 2. The quantitative estimate of drug-likeness (QED) is 0.833. The van der Waals surface area contributed by atoms with Gasteiger partial charge in [-0.2, -0.15) is 0 Å². The fourth-order valence-corrected chi connectivity index (χ4v) is 3.84. The minimum atomic E-state index is -0.886. The van der Waals surface area contributed by atoms with Crippen LogP contribution >= 0.6 is 0 Å². The maximum atomic E-state index is 12.5. The molecule has 0 spiro atoms. The van der Waals surface area contributed by atoms with Crippen LogP contribution in [0.1, 0.15) is 64.2 Å². The molecule has 1 amide bonds. The van der Waals surface area contributed by atoms with E-state index in [9.17, 15) is 19.8 Å². The number of carboxylic acid groups (broad SMARTS) is 1. The Hall–Kier alpha value is -1.10. The number of aliphatic hydroxyl groups is 1. The summed E-state index contributed by atoms with van der Waals surface area (Å²) in [7, 11) is 1.71. The molecule has 0 aromatic heterocycles. The maximum absolute atomic E-state index is 12.5. The molecule has 2 unspecified atom stereocenters. The lowest BCUT2D eigenvalue weighted by Crippen LogP contribution is -2.48. The molecular weight excluding hydrogens is 270 g/mol. The van der Waals surface area contributed by atoms with Gasteiger partial charge in [0.2, 0.25) is 5.91 Å². The van der Waals surface area contributed by atoms with Crippen molar-refractivity contribution in [3.8, 4) is 0 Å². The lowest BCUT2D eigenvalue weighted by Gasteiger charge is -2.38. The zero-order chi connectivity index (χ0) is 15.5. The summed E-state index contributed by atoms with van der Waals surface area (Å²) in [5, 5.41) is 19.6. The van der Waals surface area contributed by atoms with Crippen LogP contribution in [0, 0.1) is 5.41 Å². The van der Waals surface area contributed by atoms with E-state index in [2.05, 4.69) is 0 Å². The highest BCUT2D eigenvalue weighted by Crippen LogP contribution is 2.40. The Kier molecular flexibility index (Phi) is 5.25. The van der Waals surface area contributed by atoms with Crippen molar-refractivity contribution in [3.63, 3.8) is 0 Å². The number of aliphatic hydroxyl groups excluding tert-OH is 1. The predicted octanol–water partition coefficient (Wildman–Crippen LogP) is 2.17. The van der Waals surface area contributed by atoms with Gasteiger partial charge in [0.25, 0.3) is 0 Å². The molecule has 21 heavy (non-hydrogen) atoms. The van der Waals surface area contributed by atoms with Gasteiger partial charge < -0.3 is 15.1 Å². The number of hydrogen-bond acceptors (Lipinski definition) is 3. The van der Waals surface area contributed by atoms with Gasteiger partial charge >= 0.3 is 5.97 Å². The van der Waals surface area contributed by atoms with Gasteiger partial charge in [-0.25, -0.2) is 0 Å². The zero-order valence-corrected chi connectivity index (χ0v) is 12.9. The van der Waals surface area contributed by atoms with Gasteiger partial charge in [0.05, 0.1) is 17.6 Å². The maximum Gasteiger partial charge on any atom is 0.310 e. The topological polar surface area (TPSA) is 77.8 Å². The highest BCUT2D eigenvalue weighted by molar-refractivity contribution is 5.85. The third-order valence-corrected chi connectivity index (χ3v) is 5.34. The SMILES string of the molecule is CN(C(=O)CC1(C(=O)O)CCCCC1)C1CCCCC1O. The summed E-state index contributed by atoms with van der Waals surface area (Å²) in [5.41, 5.74) is -0.886. The van der Waals surface area contributed by atoms with Gasteiger partial charge in [-0.1, -0.05) is 32.1 Å². The van der Waals surface area contributed by atoms with Crippen molar-refractivity contribution < 1.29 is 19.8 Å². The Bertz CT molecular complexity index is 390. The third-order valence-electron chi connectivity index (χ3n) is 5.34. The number of carbonyl (C=O) groups excluding carboxylic acids is 1. The number of amides is 1. The summed E-state index contributed by atoms with van der Waals surface area (Å²) in [5.74, 6) is -0.974. The second-order valence-electron chi connectivity index (χ2n) is 6.75. The first-order valence-electron chi connectivity index (χ1n) is 8.13. The van der Waals surface area contributed by atoms with Crippen LogP contribution in [-0.4, -0.2) is 46.2 Å². The molecule has 2 rings (SSSR count). The summed E-state index contributed by atoms with van der Waals surface area (Å²) in [4.78, 5) is 25.8. The molecule has 120 valence electrons. The van der Waals surface area contributed by atoms with Crippen molar-refractivity contribution in [2.45, 2.75) is 76.4 Å². The molecule has 0 heterocycles. The molecule has 2 aliphatic rings. The highest BCUT2D eigenvalue weighted by Gasteiger charge is 2.43. The lowest BCUT2D eigenvalue weighted by molar-refractivity contribution is -0.157. The molecule has 2 aliphatic carbocycles. The van der Waals surface area contributed by atoms with E-state index in [1.165, 1.54) is 0 Å². The number of rotatable bonds is 4. The van der Waals surface area contributed by atoms with Crippen molar-refractivity contribution in [1.82, 2.24) is 4.90 Å². The molecule has 0 aromatic rings. The number of likely N-dealkylation sites (N-methyl/N-ethyl adjacent to an activating group) is 1. The van der Waals surface area contributed by atoms with E-state index in [4.69, 9.17) is 0 Å². The van der Waals surface area contributed by atoms with E-state index in [0.29, 0.717) is 12.8 Å². The van der Waals surface area contributed by atoms with E-state index >= 15 is 0 Å². The van der Waals surface area contributed by atoms with Crippen LogP contribution in [0.15, 0.2) is 0 Å². The molecule has 0 aliphatic heterocycles. The monoisotopic (exact) mass is 297 g/mol. The van der Waals surface area contributed by atoms with Gasteiger partial charge in [-0.3, -0.25) is 9.59 Å². The zero-order valence-electron chi connectivity index (χ0n) is 12.9. The summed E-state index contributed by atoms with van der Waals surface area (Å²) in [6, 6.07) is -0.152. The number of aliphatic carboxylic acids is 1. The van der Waals surface area contributed by atoms with Crippen molar-refractivity contribution in [2.75, 3.05) is 7.05 Å². The largest absolute Gasteiger partial charge is 0.481 e. The number of carboxylic acids is 1. The fraction of sp³-hybridized carbons (Fsp3) is 0.875. The van der Waals surface area contributed by atoms with Crippen LogP contribution in [-0.2, 0) is 9.59 Å². The second-order valence-corrected chi connectivity index (χ2v) is 6.75. The van der Waals surface area contributed by atoms with Crippen molar-refractivity contribution in [1.29, 1.82) is 0 Å². The normalized spacial score (nSPS) is 28.9. The van der Waals surface area contributed by atoms with Crippen molar-refractivity contribution in [3.05, 3.63) is 0 Å². The minimum Gasteiger partial charge on any atom is -0.481 e. The van der Waals surface area contributed by atoms with E-state index < -0.39 is 17.5 Å². The Labute approximate surface area is 126 Å². The van der Waals surface area contributed by atoms with Crippen molar-refractivity contribution in [2.24, 2.45) is 5.41 Å². The first-order chi connectivity index (χ1) is 9.96. The lowest BCUT2D eigenvalue weighted by atomic mass is 9.71. The average molecular weight is 297 g/mol. The Morgan fingerprint density at radius 1 is 1.10 bits per heavy atom. The van der Waals surface area contributed by atoms with Crippen LogP contribution < -0.4 is 0 Å². The van der Waals surface area contributed by atoms with Crippen LogP contribution in [0.4, 0.5) is 0 Å². The summed E-state index contributed by atoms with van der Waals surface area (Å²) < 4.78 is 0. The van der Waals surface area contributed by atoms with Crippen LogP contribution in [0.25, 0.3) is 0 Å². The van der Waals surface area contributed by atoms with E-state index in [-0.39, 0.29) is 18.4 Å². The molecule has 0 bridgehead atoms. The van der Waals surface area contributed by atoms with E-state index in [0.717, 1.165) is 44.9 Å². The highest BCUT2D eigenvalue weighted by atomic mass is 16.4. The Morgan fingerprint density at radius 2 is 1.71 bits per heavy atom. The summed E-state index contributed by atoms with van der Waals surface area (Å²) in [6.07, 6.45) is 7.16. The molecule has 2 N–H and O–H groups in total. The van der Waals surface area contributed by atoms with Gasteiger partial charge in [-0.05, 0) is 25.7 Å².